The highest BCUT2D eigenvalue weighted by Crippen LogP contribution is 2.34. The van der Waals surface area contributed by atoms with Crippen LogP contribution in [0.3, 0.4) is 0 Å². The molecule has 0 aliphatic carbocycles. The largest absolute Gasteiger partial charge is 0.527 e. The maximum absolute atomic E-state index is 13.6. The minimum atomic E-state index is -0.899. The van der Waals surface area contributed by atoms with Crippen LogP contribution in [0.2, 0.25) is 5.02 Å². The van der Waals surface area contributed by atoms with Gasteiger partial charge in [-0.15, -0.1) is 5.06 Å². The van der Waals surface area contributed by atoms with Gasteiger partial charge < -0.3 is 14.9 Å². The predicted octanol–water partition coefficient (Wildman–Crippen LogP) is 5.61. The molecule has 0 spiro atoms. The van der Waals surface area contributed by atoms with Gasteiger partial charge in [0.05, 0.1) is 43.3 Å². The number of pyridine rings is 1. The van der Waals surface area contributed by atoms with E-state index in [-0.39, 0.29) is 24.6 Å². The molecule has 40 heavy (non-hydrogen) atoms. The van der Waals surface area contributed by atoms with Gasteiger partial charge in [-0.3, -0.25) is 9.78 Å². The number of ether oxygens (including phenoxy) is 1. The van der Waals surface area contributed by atoms with Gasteiger partial charge in [0, 0.05) is 16.8 Å². The molecule has 1 aliphatic rings. The average Bonchev–Trinajstić information content (AvgIpc) is 3.35. The first-order chi connectivity index (χ1) is 19.3. The third kappa shape index (κ3) is 5.88. The summed E-state index contributed by atoms with van der Waals surface area (Å²) >= 11 is 6.14. The molecule has 0 radical (unpaired) electrons. The minimum Gasteiger partial charge on any atom is -0.436 e. The van der Waals surface area contributed by atoms with E-state index < -0.39 is 18.1 Å². The number of methoxy groups -OCH3 is 1. The van der Waals surface area contributed by atoms with Crippen molar-refractivity contribution in [3.63, 3.8) is 0 Å². The Bertz CT molecular complexity index is 1560. The zero-order chi connectivity index (χ0) is 28.2. The summed E-state index contributed by atoms with van der Waals surface area (Å²) in [7, 11) is 1.21. The van der Waals surface area contributed by atoms with Gasteiger partial charge in [0.15, 0.2) is 5.69 Å². The summed E-state index contributed by atoms with van der Waals surface area (Å²) < 4.78 is 20.0. The van der Waals surface area contributed by atoms with E-state index in [4.69, 9.17) is 21.5 Å². The number of fused-ring (bicyclic) bond motifs is 1. The minimum absolute atomic E-state index is 0.0690. The quantitative estimate of drug-likeness (QED) is 0.306. The van der Waals surface area contributed by atoms with Gasteiger partial charge in [0.1, 0.15) is 5.82 Å². The lowest BCUT2D eigenvalue weighted by molar-refractivity contribution is -0.123. The van der Waals surface area contributed by atoms with Crippen LogP contribution in [0.1, 0.15) is 46.0 Å². The van der Waals surface area contributed by atoms with Crippen LogP contribution >= 0.6 is 11.6 Å². The molecule has 0 bridgehead atoms. The third-order valence-electron chi connectivity index (χ3n) is 6.32. The van der Waals surface area contributed by atoms with Crippen LogP contribution in [0, 0.1) is 5.82 Å². The molecule has 4 aromatic rings. The Labute approximate surface area is 234 Å². The van der Waals surface area contributed by atoms with Crippen molar-refractivity contribution in [1.82, 2.24) is 25.1 Å². The zero-order valence-corrected chi connectivity index (χ0v) is 22.4. The second kappa shape index (κ2) is 11.7. The number of hydrogen-bond donors (Lipinski definition) is 1. The Kier molecular flexibility index (Phi) is 7.90. The summed E-state index contributed by atoms with van der Waals surface area (Å²) in [6, 6.07) is 18.1. The summed E-state index contributed by atoms with van der Waals surface area (Å²) in [6.07, 6.45) is 2.59. The second-order valence-corrected chi connectivity index (χ2v) is 9.51. The van der Waals surface area contributed by atoms with Gasteiger partial charge in [-0.2, -0.15) is 5.10 Å². The summed E-state index contributed by atoms with van der Waals surface area (Å²) in [5.41, 5.74) is 4.07. The molecule has 9 nitrogen and oxygen atoms in total. The molecular formula is C29H25ClFN5O4. The highest BCUT2D eigenvalue weighted by atomic mass is 35.5. The van der Waals surface area contributed by atoms with Crippen molar-refractivity contribution in [3.05, 3.63) is 112 Å². The average molecular weight is 562 g/mol. The highest BCUT2D eigenvalue weighted by molar-refractivity contribution is 6.30. The van der Waals surface area contributed by atoms with Crippen LogP contribution in [0.4, 0.5) is 9.18 Å². The molecule has 1 N–H and O–H groups in total. The lowest BCUT2D eigenvalue weighted by Gasteiger charge is -2.28. The van der Waals surface area contributed by atoms with Crippen molar-refractivity contribution in [3.8, 4) is 5.69 Å². The van der Waals surface area contributed by atoms with Crippen LogP contribution in [0.5, 0.6) is 0 Å². The Morgan fingerprint density at radius 3 is 2.50 bits per heavy atom. The fourth-order valence-electron chi connectivity index (χ4n) is 4.43. The summed E-state index contributed by atoms with van der Waals surface area (Å²) in [5.74, 6) is -0.794. The van der Waals surface area contributed by atoms with Crippen molar-refractivity contribution in [1.29, 1.82) is 0 Å². The second-order valence-electron chi connectivity index (χ2n) is 9.08. The first-order valence-electron chi connectivity index (χ1n) is 12.4. The number of rotatable bonds is 6. The summed E-state index contributed by atoms with van der Waals surface area (Å²) in [6.45, 7) is 2.05. The topological polar surface area (TPSA) is 98.6 Å². The first-order valence-corrected chi connectivity index (χ1v) is 12.8. The molecular weight excluding hydrogens is 537 g/mol. The zero-order valence-electron chi connectivity index (χ0n) is 21.7. The number of halogens is 2. The van der Waals surface area contributed by atoms with E-state index in [1.807, 2.05) is 25.1 Å². The lowest BCUT2D eigenvalue weighted by atomic mass is 9.98. The molecule has 1 aliphatic heterocycles. The molecule has 1 unspecified atom stereocenters. The van der Waals surface area contributed by atoms with E-state index in [2.05, 4.69) is 15.0 Å². The summed E-state index contributed by atoms with van der Waals surface area (Å²) in [4.78, 5) is 35.3. The highest BCUT2D eigenvalue weighted by Gasteiger charge is 2.34. The standard InChI is InChI=1S/C29H25ClFN5O4/c1-18(25-5-3-4-14-32-25)33-28(37)26-24-17-35(40-29(38)39-2)16-20(15-19-6-10-22(31)11-7-19)27(24)36(34-26)23-12-8-21(30)9-13-23/h3-15,18H,16-17H2,1-2H3,(H,33,37)/b20-15+. The Morgan fingerprint density at radius 2 is 1.82 bits per heavy atom. The Hall–Kier alpha value is -4.54. The lowest BCUT2D eigenvalue weighted by Crippen LogP contribution is -2.34. The molecule has 204 valence electrons. The molecule has 0 saturated heterocycles. The van der Waals surface area contributed by atoms with Gasteiger partial charge >= 0.3 is 6.16 Å². The third-order valence-corrected chi connectivity index (χ3v) is 6.57. The maximum atomic E-state index is 13.6. The molecule has 2 aromatic carbocycles. The van der Waals surface area contributed by atoms with E-state index >= 15 is 0 Å². The molecule has 0 fully saturated rings. The van der Waals surface area contributed by atoms with E-state index in [0.717, 1.165) is 0 Å². The van der Waals surface area contributed by atoms with E-state index in [1.165, 1.54) is 24.3 Å². The Balaban J connectivity index is 1.63. The van der Waals surface area contributed by atoms with Crippen LogP contribution in [-0.4, -0.2) is 45.5 Å². The van der Waals surface area contributed by atoms with Crippen molar-refractivity contribution in [2.45, 2.75) is 19.5 Å². The Morgan fingerprint density at radius 1 is 1.07 bits per heavy atom. The van der Waals surface area contributed by atoms with Crippen molar-refractivity contribution < 1.29 is 23.6 Å². The molecule has 3 heterocycles. The van der Waals surface area contributed by atoms with Crippen LogP contribution in [0.25, 0.3) is 17.3 Å². The van der Waals surface area contributed by atoms with E-state index in [0.29, 0.717) is 38.8 Å². The fourth-order valence-corrected chi connectivity index (χ4v) is 4.56. The number of nitrogens with one attached hydrogen (secondary N) is 1. The number of aromatic nitrogens is 3. The van der Waals surface area contributed by atoms with Crippen LogP contribution < -0.4 is 5.32 Å². The number of hydrogen-bond acceptors (Lipinski definition) is 7. The van der Waals surface area contributed by atoms with Gasteiger partial charge in [-0.1, -0.05) is 29.8 Å². The molecule has 1 amide bonds. The molecule has 1 atom stereocenters. The van der Waals surface area contributed by atoms with Crippen molar-refractivity contribution >= 4 is 35.3 Å². The number of amides is 1. The molecule has 5 rings (SSSR count). The molecule has 11 heteroatoms. The van der Waals surface area contributed by atoms with Gasteiger partial charge in [-0.05, 0) is 72.7 Å². The van der Waals surface area contributed by atoms with Gasteiger partial charge in [-0.25, -0.2) is 13.9 Å². The first kappa shape index (κ1) is 27.0. The number of carbonyl (C=O) groups is 2. The monoisotopic (exact) mass is 561 g/mol. The van der Waals surface area contributed by atoms with Gasteiger partial charge in [0.25, 0.3) is 5.91 Å². The summed E-state index contributed by atoms with van der Waals surface area (Å²) in [5, 5.41) is 9.62. The van der Waals surface area contributed by atoms with Crippen molar-refractivity contribution in [2.75, 3.05) is 13.7 Å². The van der Waals surface area contributed by atoms with Crippen LogP contribution in [0.15, 0.2) is 72.9 Å². The van der Waals surface area contributed by atoms with E-state index in [9.17, 15) is 14.0 Å². The molecule has 2 aromatic heterocycles. The number of hydroxylamine groups is 2. The smallest absolute Gasteiger partial charge is 0.436 e. The fraction of sp³-hybridized carbons (Fsp3) is 0.172. The SMILES string of the molecule is COC(=O)ON1C/C(=C\c2ccc(F)cc2)c2c(c(C(=O)NC(C)c3ccccn3)nn2-c2ccc(Cl)cc2)C1. The predicted molar refractivity (Wildman–Crippen MR) is 147 cm³/mol. The number of carbonyl (C=O) groups excluding carboxylic acids is 2. The maximum Gasteiger partial charge on any atom is 0.527 e. The number of benzene rings is 2. The molecule has 0 saturated carbocycles. The van der Waals surface area contributed by atoms with Crippen molar-refractivity contribution in [2.24, 2.45) is 0 Å². The normalized spacial score (nSPS) is 14.8. The van der Waals surface area contributed by atoms with Gasteiger partial charge in [0.2, 0.25) is 0 Å². The number of nitrogens with zero attached hydrogens (tertiary/aromatic N) is 4. The van der Waals surface area contributed by atoms with E-state index in [1.54, 1.807) is 53.3 Å². The van der Waals surface area contributed by atoms with Crippen LogP contribution in [-0.2, 0) is 16.1 Å².